The van der Waals surface area contributed by atoms with Crippen LogP contribution >= 0.6 is 11.6 Å². The van der Waals surface area contributed by atoms with Gasteiger partial charge in [-0.25, -0.2) is 4.98 Å². The van der Waals surface area contributed by atoms with Crippen LogP contribution < -0.4 is 10.1 Å². The van der Waals surface area contributed by atoms with Crippen molar-refractivity contribution in [2.24, 2.45) is 0 Å². The van der Waals surface area contributed by atoms with Gasteiger partial charge in [0.15, 0.2) is 5.69 Å². The second-order valence-electron chi connectivity index (χ2n) is 6.01. The second kappa shape index (κ2) is 8.61. The lowest BCUT2D eigenvalue weighted by molar-refractivity contribution is -0.137. The first-order valence-corrected chi connectivity index (χ1v) is 8.83. The van der Waals surface area contributed by atoms with Crippen LogP contribution in [-0.4, -0.2) is 44.0 Å². The highest BCUT2D eigenvalue weighted by Crippen LogP contribution is 2.25. The van der Waals surface area contributed by atoms with Gasteiger partial charge in [-0.2, -0.15) is 9.78 Å². The minimum atomic E-state index is -1.10. The Bertz CT molecular complexity index is 1040. The Hall–Kier alpha value is -3.59. The number of carboxylic acid groups (broad SMARTS) is 1. The van der Waals surface area contributed by atoms with Crippen molar-refractivity contribution in [2.45, 2.75) is 12.5 Å². The lowest BCUT2D eigenvalue weighted by Crippen LogP contribution is -2.30. The average molecular weight is 417 g/mol. The van der Waals surface area contributed by atoms with Gasteiger partial charge in [-0.3, -0.25) is 9.59 Å². The molecule has 0 saturated carbocycles. The Kier molecular flexibility index (Phi) is 5.99. The van der Waals surface area contributed by atoms with Gasteiger partial charge in [0.1, 0.15) is 0 Å². The first-order chi connectivity index (χ1) is 13.9. The first kappa shape index (κ1) is 20.2. The molecule has 1 atom stereocenters. The number of ether oxygens (including phenoxy) is 1. The number of nitrogens with zero attached hydrogens (tertiary/aromatic N) is 3. The number of hydrogen-bond acceptors (Lipinski definition) is 6. The third kappa shape index (κ3) is 4.64. The van der Waals surface area contributed by atoms with Gasteiger partial charge in [0.05, 0.1) is 30.3 Å². The first-order valence-electron chi connectivity index (χ1n) is 8.45. The van der Waals surface area contributed by atoms with Crippen LogP contribution in [0, 0.1) is 0 Å². The van der Waals surface area contributed by atoms with E-state index in [4.69, 9.17) is 16.3 Å². The van der Waals surface area contributed by atoms with Gasteiger partial charge in [-0.05, 0) is 17.7 Å². The fraction of sp³-hybridized carbons (Fsp3) is 0.158. The van der Waals surface area contributed by atoms with E-state index in [-0.39, 0.29) is 18.0 Å². The number of amides is 1. The van der Waals surface area contributed by atoms with Crippen LogP contribution in [0.3, 0.4) is 0 Å². The summed E-state index contributed by atoms with van der Waals surface area (Å²) < 4.78 is 6.11. The van der Waals surface area contributed by atoms with E-state index >= 15 is 0 Å². The third-order valence-corrected chi connectivity index (χ3v) is 4.38. The van der Waals surface area contributed by atoms with Crippen molar-refractivity contribution in [3.8, 4) is 17.4 Å². The number of rotatable bonds is 7. The van der Waals surface area contributed by atoms with E-state index in [9.17, 15) is 19.8 Å². The van der Waals surface area contributed by atoms with Crippen molar-refractivity contribution in [3.63, 3.8) is 0 Å². The van der Waals surface area contributed by atoms with Gasteiger partial charge in [0, 0.05) is 18.3 Å². The van der Waals surface area contributed by atoms with E-state index in [1.165, 1.54) is 19.4 Å². The Balaban J connectivity index is 1.85. The summed E-state index contributed by atoms with van der Waals surface area (Å²) in [4.78, 5) is 27.9. The number of halogens is 1. The number of para-hydroxylation sites is 1. The van der Waals surface area contributed by atoms with E-state index in [1.54, 1.807) is 36.4 Å². The van der Waals surface area contributed by atoms with Crippen molar-refractivity contribution in [3.05, 3.63) is 64.9 Å². The monoisotopic (exact) mass is 416 g/mol. The summed E-state index contributed by atoms with van der Waals surface area (Å²) in [6.45, 7) is 0. The maximum atomic E-state index is 12.6. The molecule has 9 nitrogen and oxygen atoms in total. The highest BCUT2D eigenvalue weighted by Gasteiger charge is 2.22. The van der Waals surface area contributed by atoms with Gasteiger partial charge in [-0.1, -0.05) is 29.8 Å². The van der Waals surface area contributed by atoms with Gasteiger partial charge >= 0.3 is 5.97 Å². The van der Waals surface area contributed by atoms with E-state index in [1.807, 2.05) is 0 Å². The standard InChI is InChI=1S/C19H17ClN4O5/c1-29-16-7-6-11(10-21-16)13(9-18(26)27)22-19(28)14-8-17(25)24(23-14)15-5-3-2-4-12(15)20/h2-8,10,13,25H,9H2,1H3,(H,22,28)(H,26,27)/t13-/m0/s1. The van der Waals surface area contributed by atoms with Gasteiger partial charge in [0.25, 0.3) is 5.91 Å². The van der Waals surface area contributed by atoms with Crippen LogP contribution in [0.25, 0.3) is 5.69 Å². The predicted octanol–water partition coefficient (Wildman–Crippen LogP) is 2.58. The number of nitrogens with one attached hydrogen (secondary N) is 1. The topological polar surface area (TPSA) is 127 Å². The minimum Gasteiger partial charge on any atom is -0.493 e. The zero-order valence-corrected chi connectivity index (χ0v) is 16.0. The number of carbonyl (C=O) groups is 2. The molecule has 3 N–H and O–H groups in total. The quantitative estimate of drug-likeness (QED) is 0.540. The van der Waals surface area contributed by atoms with Gasteiger partial charge < -0.3 is 20.3 Å². The van der Waals surface area contributed by atoms with E-state index in [2.05, 4.69) is 15.4 Å². The summed E-state index contributed by atoms with van der Waals surface area (Å²) in [5, 5.41) is 26.4. The zero-order chi connectivity index (χ0) is 21.0. The number of aliphatic carboxylic acids is 1. The fourth-order valence-electron chi connectivity index (χ4n) is 2.66. The molecule has 0 unspecified atom stereocenters. The molecule has 10 heteroatoms. The second-order valence-corrected chi connectivity index (χ2v) is 6.42. The van der Waals surface area contributed by atoms with Crippen molar-refractivity contribution >= 4 is 23.5 Å². The van der Waals surface area contributed by atoms with Crippen LogP contribution in [0.2, 0.25) is 5.02 Å². The van der Waals surface area contributed by atoms with Crippen molar-refractivity contribution in [1.29, 1.82) is 0 Å². The number of carbonyl (C=O) groups excluding carboxylic acids is 1. The molecule has 0 saturated heterocycles. The van der Waals surface area contributed by atoms with Crippen LogP contribution in [0.1, 0.15) is 28.5 Å². The number of benzene rings is 1. The molecule has 0 spiro atoms. The Morgan fingerprint density at radius 3 is 2.66 bits per heavy atom. The molecule has 2 aromatic heterocycles. The van der Waals surface area contributed by atoms with Crippen LogP contribution in [-0.2, 0) is 4.79 Å². The van der Waals surface area contributed by atoms with Crippen LogP contribution in [0.4, 0.5) is 0 Å². The molecule has 0 aliphatic carbocycles. The Morgan fingerprint density at radius 1 is 1.28 bits per heavy atom. The molecule has 0 fully saturated rings. The highest BCUT2D eigenvalue weighted by atomic mass is 35.5. The molecule has 3 aromatic rings. The fourth-order valence-corrected chi connectivity index (χ4v) is 2.88. The maximum absolute atomic E-state index is 12.6. The minimum absolute atomic E-state index is 0.0979. The average Bonchev–Trinajstić information content (AvgIpc) is 3.09. The summed E-state index contributed by atoms with van der Waals surface area (Å²) in [5.74, 6) is -1.69. The van der Waals surface area contributed by atoms with Crippen LogP contribution in [0.15, 0.2) is 48.7 Å². The summed E-state index contributed by atoms with van der Waals surface area (Å²) in [6, 6.07) is 10.2. The highest BCUT2D eigenvalue weighted by molar-refractivity contribution is 6.32. The van der Waals surface area contributed by atoms with E-state index in [0.717, 1.165) is 4.68 Å². The molecule has 0 aliphatic rings. The number of aromatic hydroxyl groups is 1. The largest absolute Gasteiger partial charge is 0.493 e. The third-order valence-electron chi connectivity index (χ3n) is 4.06. The molecule has 3 rings (SSSR count). The number of methoxy groups -OCH3 is 1. The van der Waals surface area contributed by atoms with E-state index < -0.39 is 17.9 Å². The predicted molar refractivity (Wildman–Crippen MR) is 103 cm³/mol. The van der Waals surface area contributed by atoms with E-state index in [0.29, 0.717) is 22.2 Å². The van der Waals surface area contributed by atoms with Crippen molar-refractivity contribution in [1.82, 2.24) is 20.1 Å². The molecular weight excluding hydrogens is 400 g/mol. The molecular formula is C19H17ClN4O5. The lowest BCUT2D eigenvalue weighted by Gasteiger charge is -2.16. The summed E-state index contributed by atoms with van der Waals surface area (Å²) in [5.41, 5.74) is 0.780. The number of aromatic nitrogens is 3. The molecule has 1 aromatic carbocycles. The van der Waals surface area contributed by atoms with Gasteiger partial charge in [0.2, 0.25) is 11.8 Å². The summed E-state index contributed by atoms with van der Waals surface area (Å²) in [7, 11) is 1.46. The summed E-state index contributed by atoms with van der Waals surface area (Å²) >= 11 is 6.11. The molecule has 0 radical (unpaired) electrons. The molecule has 1 amide bonds. The SMILES string of the molecule is COc1ccc([C@H](CC(=O)O)NC(=O)c2cc(O)n(-c3ccccc3Cl)n2)cn1. The zero-order valence-electron chi connectivity index (χ0n) is 15.2. The molecule has 0 bridgehead atoms. The Morgan fingerprint density at radius 2 is 2.03 bits per heavy atom. The molecule has 2 heterocycles. The number of hydrogen-bond donors (Lipinski definition) is 3. The van der Waals surface area contributed by atoms with Crippen LogP contribution in [0.5, 0.6) is 11.8 Å². The molecule has 29 heavy (non-hydrogen) atoms. The van der Waals surface area contributed by atoms with Gasteiger partial charge in [-0.15, -0.1) is 0 Å². The Labute approximate surface area is 170 Å². The molecule has 0 aliphatic heterocycles. The number of carboxylic acids is 1. The lowest BCUT2D eigenvalue weighted by atomic mass is 10.1. The van der Waals surface area contributed by atoms with Crippen molar-refractivity contribution in [2.75, 3.05) is 7.11 Å². The van der Waals surface area contributed by atoms with Crippen molar-refractivity contribution < 1.29 is 24.5 Å². The normalized spacial score (nSPS) is 11.7. The maximum Gasteiger partial charge on any atom is 0.305 e. The molecule has 150 valence electrons. The smallest absolute Gasteiger partial charge is 0.305 e. The summed E-state index contributed by atoms with van der Waals surface area (Å²) in [6.07, 6.45) is 1.06. The number of pyridine rings is 1.